The second-order valence-electron chi connectivity index (χ2n) is 5.72. The van der Waals surface area contributed by atoms with E-state index in [1.54, 1.807) is 42.3 Å². The summed E-state index contributed by atoms with van der Waals surface area (Å²) < 4.78 is 34.5. The molecule has 7 nitrogen and oxygen atoms in total. The Morgan fingerprint density at radius 1 is 1.33 bits per heavy atom. The van der Waals surface area contributed by atoms with Crippen LogP contribution in [0.25, 0.3) is 5.69 Å². The molecule has 1 fully saturated rings. The third kappa shape index (κ3) is 3.27. The van der Waals surface area contributed by atoms with Gasteiger partial charge in [-0.05, 0) is 43.5 Å². The second kappa shape index (κ2) is 6.63. The Hall–Kier alpha value is -2.37. The van der Waals surface area contributed by atoms with Gasteiger partial charge in [0.25, 0.3) is 0 Å². The number of ether oxygens (including phenoxy) is 1. The van der Waals surface area contributed by atoms with Gasteiger partial charge in [-0.2, -0.15) is 10.4 Å². The van der Waals surface area contributed by atoms with E-state index in [9.17, 15) is 8.42 Å². The Labute approximate surface area is 140 Å². The van der Waals surface area contributed by atoms with Crippen molar-refractivity contribution < 1.29 is 13.2 Å². The molecule has 1 heterocycles. The van der Waals surface area contributed by atoms with Crippen LogP contribution in [0.1, 0.15) is 24.8 Å². The smallest absolute Gasteiger partial charge is 0.238 e. The first kappa shape index (κ1) is 16.5. The Balaban J connectivity index is 1.75. The van der Waals surface area contributed by atoms with E-state index in [1.807, 2.05) is 6.07 Å². The molecule has 3 rings (SSSR count). The molecular formula is C16H18N4O3S. The monoisotopic (exact) mass is 346 g/mol. The summed E-state index contributed by atoms with van der Waals surface area (Å²) in [6.45, 7) is 0. The van der Waals surface area contributed by atoms with Crippen molar-refractivity contribution >= 4 is 15.7 Å². The van der Waals surface area contributed by atoms with Gasteiger partial charge in [-0.3, -0.25) is 4.72 Å². The minimum absolute atomic E-state index is 0.254. The number of nitrogens with zero attached hydrogens (tertiary/aromatic N) is 3. The molecule has 8 heteroatoms. The van der Waals surface area contributed by atoms with E-state index in [0.29, 0.717) is 17.7 Å². The Kier molecular flexibility index (Phi) is 4.55. The van der Waals surface area contributed by atoms with Crippen molar-refractivity contribution in [3.05, 3.63) is 42.2 Å². The van der Waals surface area contributed by atoms with Gasteiger partial charge in [0.15, 0.2) is 0 Å². The van der Waals surface area contributed by atoms with Crippen LogP contribution in [-0.2, 0) is 14.8 Å². The lowest BCUT2D eigenvalue weighted by Gasteiger charge is -2.19. The third-order valence-corrected chi connectivity index (χ3v) is 6.05. The first-order chi connectivity index (χ1) is 11.5. The van der Waals surface area contributed by atoms with Crippen LogP contribution in [0, 0.1) is 11.3 Å². The molecule has 0 aliphatic heterocycles. The molecule has 0 amide bonds. The van der Waals surface area contributed by atoms with Gasteiger partial charge in [0.05, 0.1) is 23.6 Å². The third-order valence-electron chi connectivity index (χ3n) is 4.20. The lowest BCUT2D eigenvalue weighted by atomic mass is 10.3. The van der Waals surface area contributed by atoms with Gasteiger partial charge in [0, 0.05) is 19.0 Å². The molecule has 2 atom stereocenters. The zero-order valence-electron chi connectivity index (χ0n) is 13.2. The van der Waals surface area contributed by atoms with Crippen LogP contribution in [0.15, 0.2) is 36.7 Å². The number of sulfonamides is 1. The van der Waals surface area contributed by atoms with Gasteiger partial charge < -0.3 is 4.74 Å². The number of nitriles is 1. The number of anilines is 1. The van der Waals surface area contributed by atoms with E-state index in [0.717, 1.165) is 18.5 Å². The van der Waals surface area contributed by atoms with Gasteiger partial charge in [0.2, 0.25) is 10.0 Å². The lowest BCUT2D eigenvalue weighted by molar-refractivity contribution is 0.111. The number of benzene rings is 1. The average molecular weight is 346 g/mol. The first-order valence-electron chi connectivity index (χ1n) is 7.63. The summed E-state index contributed by atoms with van der Waals surface area (Å²) >= 11 is 0. The van der Waals surface area contributed by atoms with Crippen LogP contribution < -0.4 is 4.72 Å². The maximum absolute atomic E-state index is 12.5. The summed E-state index contributed by atoms with van der Waals surface area (Å²) in [6.07, 6.45) is 5.05. The van der Waals surface area contributed by atoms with Crippen molar-refractivity contribution in [1.29, 1.82) is 5.26 Å². The van der Waals surface area contributed by atoms with Gasteiger partial charge in [-0.25, -0.2) is 13.1 Å². The number of methoxy groups -OCH3 is 1. The Morgan fingerprint density at radius 3 is 2.71 bits per heavy atom. The van der Waals surface area contributed by atoms with Gasteiger partial charge in [-0.15, -0.1) is 0 Å². The number of aromatic nitrogens is 2. The fourth-order valence-corrected chi connectivity index (χ4v) is 4.70. The Bertz CT molecular complexity index is 852. The highest BCUT2D eigenvalue weighted by molar-refractivity contribution is 7.93. The van der Waals surface area contributed by atoms with E-state index < -0.39 is 15.3 Å². The molecule has 1 aromatic heterocycles. The normalized spacial score (nSPS) is 20.7. The van der Waals surface area contributed by atoms with Crippen LogP contribution in [0.2, 0.25) is 0 Å². The predicted octanol–water partition coefficient (Wildman–Crippen LogP) is 2.05. The van der Waals surface area contributed by atoms with E-state index in [-0.39, 0.29) is 6.10 Å². The zero-order valence-corrected chi connectivity index (χ0v) is 14.0. The van der Waals surface area contributed by atoms with Crippen molar-refractivity contribution in [2.45, 2.75) is 30.6 Å². The summed E-state index contributed by atoms with van der Waals surface area (Å²) in [5.74, 6) is 0. The van der Waals surface area contributed by atoms with E-state index in [4.69, 9.17) is 10.00 Å². The quantitative estimate of drug-likeness (QED) is 0.894. The number of nitrogens with one attached hydrogen (secondary N) is 1. The van der Waals surface area contributed by atoms with Crippen molar-refractivity contribution in [2.24, 2.45) is 0 Å². The molecule has 1 aromatic carbocycles. The molecule has 1 N–H and O–H groups in total. The van der Waals surface area contributed by atoms with Gasteiger partial charge in [0.1, 0.15) is 11.3 Å². The van der Waals surface area contributed by atoms with Crippen LogP contribution >= 0.6 is 0 Å². The number of hydrogen-bond donors (Lipinski definition) is 1. The average Bonchev–Trinajstić information content (AvgIpc) is 3.24. The molecule has 2 unspecified atom stereocenters. The van der Waals surface area contributed by atoms with Crippen molar-refractivity contribution in [2.75, 3.05) is 11.8 Å². The zero-order chi connectivity index (χ0) is 17.2. The van der Waals surface area contributed by atoms with Gasteiger partial charge in [-0.1, -0.05) is 0 Å². The van der Waals surface area contributed by atoms with Crippen molar-refractivity contribution in [3.8, 4) is 11.8 Å². The molecule has 1 saturated carbocycles. The molecule has 0 radical (unpaired) electrons. The molecule has 1 aliphatic rings. The maximum atomic E-state index is 12.5. The van der Waals surface area contributed by atoms with Crippen LogP contribution in [0.4, 0.5) is 5.69 Å². The SMILES string of the molecule is COC1CCCC1S(=O)(=O)Nc1ccc(-n2cc(C#N)cn2)cc1. The molecular weight excluding hydrogens is 328 g/mol. The largest absolute Gasteiger partial charge is 0.380 e. The molecule has 24 heavy (non-hydrogen) atoms. The van der Waals surface area contributed by atoms with Crippen molar-refractivity contribution in [3.63, 3.8) is 0 Å². The molecule has 126 valence electrons. The standard InChI is InChI=1S/C16H18N4O3S/c1-23-15-3-2-4-16(15)24(21,22)19-13-5-7-14(8-6-13)20-11-12(9-17)10-18-20/h5-8,10-11,15-16,19H,2-4H2,1H3. The number of hydrogen-bond acceptors (Lipinski definition) is 5. The minimum Gasteiger partial charge on any atom is -0.380 e. The maximum Gasteiger partial charge on any atom is 0.238 e. The second-order valence-corrected chi connectivity index (χ2v) is 7.62. The first-order valence-corrected chi connectivity index (χ1v) is 9.18. The molecule has 1 aliphatic carbocycles. The van der Waals surface area contributed by atoms with Crippen LogP contribution in [0.5, 0.6) is 0 Å². The molecule has 2 aromatic rings. The number of rotatable bonds is 5. The summed E-state index contributed by atoms with van der Waals surface area (Å²) in [4.78, 5) is 0. The fourth-order valence-electron chi connectivity index (χ4n) is 2.96. The van der Waals surface area contributed by atoms with E-state index >= 15 is 0 Å². The minimum atomic E-state index is -3.49. The summed E-state index contributed by atoms with van der Waals surface area (Å²) in [5.41, 5.74) is 1.70. The van der Waals surface area contributed by atoms with Crippen LogP contribution in [-0.4, -0.2) is 36.7 Å². The molecule has 0 saturated heterocycles. The van der Waals surface area contributed by atoms with Crippen molar-refractivity contribution in [1.82, 2.24) is 9.78 Å². The lowest BCUT2D eigenvalue weighted by Crippen LogP contribution is -2.35. The highest BCUT2D eigenvalue weighted by Gasteiger charge is 2.37. The molecule has 0 bridgehead atoms. The highest BCUT2D eigenvalue weighted by atomic mass is 32.2. The predicted molar refractivity (Wildman–Crippen MR) is 89.3 cm³/mol. The van der Waals surface area contributed by atoms with E-state index in [2.05, 4.69) is 9.82 Å². The van der Waals surface area contributed by atoms with E-state index in [1.165, 1.54) is 6.20 Å². The fraction of sp³-hybridized carbons (Fsp3) is 0.375. The highest BCUT2D eigenvalue weighted by Crippen LogP contribution is 2.29. The van der Waals surface area contributed by atoms with Crippen LogP contribution in [0.3, 0.4) is 0 Å². The Morgan fingerprint density at radius 2 is 2.08 bits per heavy atom. The summed E-state index contributed by atoms with van der Waals surface area (Å²) in [6, 6.07) is 8.86. The summed E-state index contributed by atoms with van der Waals surface area (Å²) in [5, 5.41) is 12.4. The topological polar surface area (TPSA) is 97.0 Å². The van der Waals surface area contributed by atoms with Gasteiger partial charge >= 0.3 is 0 Å². The molecule has 0 spiro atoms. The summed E-state index contributed by atoms with van der Waals surface area (Å²) in [7, 11) is -1.94.